The number of amides is 2. The molecule has 0 atom stereocenters. The number of anilines is 2. The van der Waals surface area contributed by atoms with Crippen LogP contribution in [0.5, 0.6) is 5.75 Å². The smallest absolute Gasteiger partial charge is 0.335 e. The van der Waals surface area contributed by atoms with Crippen molar-refractivity contribution in [1.29, 1.82) is 0 Å². The zero-order valence-corrected chi connectivity index (χ0v) is 11.0. The number of carboxylic acid groups (broad SMARTS) is 1. The molecule has 1 aromatic heterocycles. The molecule has 0 aliphatic heterocycles. The number of hydrogen-bond donors (Lipinski definition) is 3. The molecule has 0 aliphatic rings. The first-order valence-electron chi connectivity index (χ1n) is 5.85. The summed E-state index contributed by atoms with van der Waals surface area (Å²) in [6.45, 7) is 0. The van der Waals surface area contributed by atoms with Crippen LogP contribution in [0, 0.1) is 0 Å². The second-order valence-electron chi connectivity index (χ2n) is 3.89. The maximum Gasteiger partial charge on any atom is 0.335 e. The molecule has 0 fully saturated rings. The number of carbonyl (C=O) groups excluding carboxylic acids is 1. The fourth-order valence-corrected chi connectivity index (χ4v) is 1.57. The molecular weight excluding hydrogens is 276 g/mol. The van der Waals surface area contributed by atoms with Crippen LogP contribution >= 0.6 is 0 Å². The van der Waals surface area contributed by atoms with Gasteiger partial charge >= 0.3 is 12.0 Å². The molecule has 1 heterocycles. The highest BCUT2D eigenvalue weighted by atomic mass is 16.5. The molecule has 0 unspecified atom stereocenters. The first-order chi connectivity index (χ1) is 10.1. The Morgan fingerprint density at radius 3 is 2.67 bits per heavy atom. The summed E-state index contributed by atoms with van der Waals surface area (Å²) >= 11 is 0. The van der Waals surface area contributed by atoms with Crippen molar-refractivity contribution in [3.05, 3.63) is 42.4 Å². The van der Waals surface area contributed by atoms with Gasteiger partial charge in [-0.3, -0.25) is 10.3 Å². The van der Waals surface area contributed by atoms with Crippen molar-refractivity contribution in [2.75, 3.05) is 17.7 Å². The second kappa shape index (κ2) is 6.33. The zero-order chi connectivity index (χ0) is 15.2. The fraction of sp³-hybridized carbons (Fsp3) is 0.0769. The van der Waals surface area contributed by atoms with Crippen LogP contribution in [0.15, 0.2) is 36.8 Å². The number of ether oxygens (including phenoxy) is 1. The van der Waals surface area contributed by atoms with Crippen molar-refractivity contribution in [2.45, 2.75) is 0 Å². The Bertz CT molecular complexity index is 660. The van der Waals surface area contributed by atoms with Crippen molar-refractivity contribution in [3.8, 4) is 5.75 Å². The lowest BCUT2D eigenvalue weighted by Gasteiger charge is -2.11. The Labute approximate surface area is 119 Å². The summed E-state index contributed by atoms with van der Waals surface area (Å²) in [6.07, 6.45) is 4.29. The van der Waals surface area contributed by atoms with Crippen molar-refractivity contribution in [1.82, 2.24) is 9.97 Å². The van der Waals surface area contributed by atoms with Crippen LogP contribution in [0.2, 0.25) is 0 Å². The monoisotopic (exact) mass is 288 g/mol. The molecular formula is C13H12N4O4. The summed E-state index contributed by atoms with van der Waals surface area (Å²) in [7, 11) is 1.42. The highest BCUT2D eigenvalue weighted by molar-refractivity contribution is 6.01. The number of carbonyl (C=O) groups is 2. The summed E-state index contributed by atoms with van der Waals surface area (Å²) in [4.78, 5) is 30.5. The lowest BCUT2D eigenvalue weighted by atomic mass is 10.2. The third kappa shape index (κ3) is 3.66. The molecule has 0 spiro atoms. The molecule has 108 valence electrons. The van der Waals surface area contributed by atoms with E-state index < -0.39 is 12.0 Å². The van der Waals surface area contributed by atoms with Crippen LogP contribution < -0.4 is 15.4 Å². The van der Waals surface area contributed by atoms with Crippen molar-refractivity contribution < 1.29 is 19.4 Å². The van der Waals surface area contributed by atoms with E-state index >= 15 is 0 Å². The number of rotatable bonds is 4. The number of aromatic nitrogens is 2. The SMILES string of the molecule is COc1ccc(C(=O)O)cc1NC(=O)Nc1cnccn1. The number of nitrogens with zero attached hydrogens (tertiary/aromatic N) is 2. The summed E-state index contributed by atoms with van der Waals surface area (Å²) in [6, 6.07) is 3.56. The summed E-state index contributed by atoms with van der Waals surface area (Å²) < 4.78 is 5.07. The summed E-state index contributed by atoms with van der Waals surface area (Å²) in [5.41, 5.74) is 0.268. The van der Waals surface area contributed by atoms with E-state index in [1.54, 1.807) is 0 Å². The molecule has 8 heteroatoms. The van der Waals surface area contributed by atoms with Gasteiger partial charge in [0.2, 0.25) is 0 Å². The van der Waals surface area contributed by atoms with Crippen LogP contribution in [0.25, 0.3) is 0 Å². The predicted molar refractivity (Wildman–Crippen MR) is 74.6 cm³/mol. The minimum atomic E-state index is -1.10. The highest BCUT2D eigenvalue weighted by Gasteiger charge is 2.12. The van der Waals surface area contributed by atoms with Gasteiger partial charge in [-0.15, -0.1) is 0 Å². The Kier molecular flexibility index (Phi) is 4.30. The van der Waals surface area contributed by atoms with E-state index in [1.807, 2.05) is 0 Å². The van der Waals surface area contributed by atoms with Crippen molar-refractivity contribution in [2.24, 2.45) is 0 Å². The Balaban J connectivity index is 2.16. The normalized spacial score (nSPS) is 9.76. The lowest BCUT2D eigenvalue weighted by Crippen LogP contribution is -2.20. The summed E-state index contributed by atoms with van der Waals surface area (Å²) in [5, 5.41) is 13.9. The molecule has 3 N–H and O–H groups in total. The van der Waals surface area contributed by atoms with E-state index in [9.17, 15) is 9.59 Å². The van der Waals surface area contributed by atoms with Crippen LogP contribution in [0.3, 0.4) is 0 Å². The van der Waals surface area contributed by atoms with Crippen molar-refractivity contribution in [3.63, 3.8) is 0 Å². The molecule has 0 saturated heterocycles. The van der Waals surface area contributed by atoms with Gasteiger partial charge in [0.15, 0.2) is 5.82 Å². The zero-order valence-electron chi connectivity index (χ0n) is 11.0. The van der Waals surface area contributed by atoms with E-state index in [0.717, 1.165) is 0 Å². The number of carboxylic acids is 1. The molecule has 2 rings (SSSR count). The number of methoxy groups -OCH3 is 1. The molecule has 1 aromatic carbocycles. The number of benzene rings is 1. The standard InChI is InChI=1S/C13H12N4O4/c1-21-10-3-2-8(12(18)19)6-9(10)16-13(20)17-11-7-14-4-5-15-11/h2-7H,1H3,(H,18,19)(H2,15,16,17,20). The molecule has 2 aromatic rings. The van der Waals surface area contributed by atoms with E-state index in [4.69, 9.17) is 9.84 Å². The Hall–Kier alpha value is -3.16. The topological polar surface area (TPSA) is 113 Å². The minimum Gasteiger partial charge on any atom is -0.495 e. The van der Waals surface area contributed by atoms with E-state index in [0.29, 0.717) is 5.75 Å². The largest absolute Gasteiger partial charge is 0.495 e. The third-order valence-electron chi connectivity index (χ3n) is 2.50. The average molecular weight is 288 g/mol. The van der Waals surface area contributed by atoms with Crippen molar-refractivity contribution >= 4 is 23.5 Å². The van der Waals surface area contributed by atoms with E-state index in [2.05, 4.69) is 20.6 Å². The molecule has 0 aliphatic carbocycles. The predicted octanol–water partition coefficient (Wildman–Crippen LogP) is 1.83. The number of urea groups is 1. The van der Waals surface area contributed by atoms with E-state index in [1.165, 1.54) is 43.9 Å². The number of hydrogen-bond acceptors (Lipinski definition) is 5. The average Bonchev–Trinajstić information content (AvgIpc) is 2.48. The second-order valence-corrected chi connectivity index (χ2v) is 3.89. The first kappa shape index (κ1) is 14.3. The molecule has 21 heavy (non-hydrogen) atoms. The Morgan fingerprint density at radius 1 is 1.24 bits per heavy atom. The van der Waals surface area contributed by atoms with Crippen LogP contribution in [0.4, 0.5) is 16.3 Å². The van der Waals surface area contributed by atoms with Crippen LogP contribution in [0.1, 0.15) is 10.4 Å². The molecule has 0 bridgehead atoms. The lowest BCUT2D eigenvalue weighted by molar-refractivity contribution is 0.0697. The van der Waals surface area contributed by atoms with Gasteiger partial charge in [0.05, 0.1) is 24.6 Å². The fourth-order valence-electron chi connectivity index (χ4n) is 1.57. The van der Waals surface area contributed by atoms with Gasteiger partial charge in [-0.1, -0.05) is 0 Å². The number of nitrogens with one attached hydrogen (secondary N) is 2. The van der Waals surface area contributed by atoms with Gasteiger partial charge in [0.1, 0.15) is 5.75 Å². The highest BCUT2D eigenvalue weighted by Crippen LogP contribution is 2.25. The maximum atomic E-state index is 11.8. The molecule has 8 nitrogen and oxygen atoms in total. The summed E-state index contributed by atoms with van der Waals surface area (Å²) in [5.74, 6) is -0.493. The van der Waals surface area contributed by atoms with E-state index in [-0.39, 0.29) is 17.1 Å². The van der Waals surface area contributed by atoms with Gasteiger partial charge in [-0.25, -0.2) is 14.6 Å². The van der Waals surface area contributed by atoms with Gasteiger partial charge in [-0.2, -0.15) is 0 Å². The maximum absolute atomic E-state index is 11.8. The third-order valence-corrected chi connectivity index (χ3v) is 2.50. The number of aromatic carboxylic acids is 1. The molecule has 0 radical (unpaired) electrons. The van der Waals surface area contributed by atoms with Gasteiger partial charge in [0.25, 0.3) is 0 Å². The van der Waals surface area contributed by atoms with Gasteiger partial charge in [-0.05, 0) is 18.2 Å². The quantitative estimate of drug-likeness (QED) is 0.791. The van der Waals surface area contributed by atoms with Gasteiger partial charge in [0, 0.05) is 12.4 Å². The molecule has 2 amide bonds. The van der Waals surface area contributed by atoms with Crippen LogP contribution in [-0.2, 0) is 0 Å². The Morgan fingerprint density at radius 2 is 2.05 bits per heavy atom. The minimum absolute atomic E-state index is 0.0330. The first-order valence-corrected chi connectivity index (χ1v) is 5.85. The van der Waals surface area contributed by atoms with Crippen LogP contribution in [-0.4, -0.2) is 34.2 Å². The molecule has 0 saturated carbocycles. The van der Waals surface area contributed by atoms with Gasteiger partial charge < -0.3 is 15.2 Å².